The lowest BCUT2D eigenvalue weighted by atomic mass is 9.93. The maximum Gasteiger partial charge on any atom is 0.0285 e. The van der Waals surface area contributed by atoms with Gasteiger partial charge in [-0.1, -0.05) is 27.2 Å². The lowest BCUT2D eigenvalue weighted by molar-refractivity contribution is 0.391. The van der Waals surface area contributed by atoms with Gasteiger partial charge in [0.2, 0.25) is 0 Å². The summed E-state index contributed by atoms with van der Waals surface area (Å²) in [6.07, 6.45) is 3.91. The van der Waals surface area contributed by atoms with Crippen LogP contribution in [0.1, 0.15) is 40.0 Å². The van der Waals surface area contributed by atoms with Gasteiger partial charge in [-0.2, -0.15) is 0 Å². The summed E-state index contributed by atoms with van der Waals surface area (Å²) in [5.41, 5.74) is 1.04. The molecule has 0 aromatic carbocycles. The zero-order chi connectivity index (χ0) is 7.83. The van der Waals surface area contributed by atoms with Gasteiger partial charge < -0.3 is 0 Å². The number of halogens is 1. The minimum atomic E-state index is 0.503. The van der Waals surface area contributed by atoms with E-state index >= 15 is 0 Å². The molecule has 0 N–H and O–H groups in total. The van der Waals surface area contributed by atoms with Crippen molar-refractivity contribution in [1.82, 2.24) is 0 Å². The minimum absolute atomic E-state index is 0.503. The SMILES string of the molecule is CCCC1(CCl)CC1(C)C. The van der Waals surface area contributed by atoms with Crippen molar-refractivity contribution in [1.29, 1.82) is 0 Å². The first-order chi connectivity index (χ1) is 4.58. The van der Waals surface area contributed by atoms with Crippen molar-refractivity contribution in [3.8, 4) is 0 Å². The third-order valence-corrected chi connectivity index (χ3v) is 3.59. The molecule has 0 amide bonds. The normalized spacial score (nSPS) is 36.0. The van der Waals surface area contributed by atoms with Crippen LogP contribution in [0.25, 0.3) is 0 Å². The molecule has 1 saturated carbocycles. The van der Waals surface area contributed by atoms with Crippen LogP contribution in [0.15, 0.2) is 0 Å². The largest absolute Gasteiger partial charge is 0.126 e. The third kappa shape index (κ3) is 1.07. The van der Waals surface area contributed by atoms with Crippen LogP contribution in [0, 0.1) is 10.8 Å². The summed E-state index contributed by atoms with van der Waals surface area (Å²) in [6, 6.07) is 0. The molecule has 0 heterocycles. The van der Waals surface area contributed by atoms with Crippen LogP contribution in [0.2, 0.25) is 0 Å². The van der Waals surface area contributed by atoms with Crippen LogP contribution in [0.5, 0.6) is 0 Å². The van der Waals surface area contributed by atoms with E-state index in [1.54, 1.807) is 0 Å². The second-order valence-corrected chi connectivity index (χ2v) is 4.49. The Morgan fingerprint density at radius 2 is 1.90 bits per heavy atom. The fraction of sp³-hybridized carbons (Fsp3) is 1.00. The molecule has 0 radical (unpaired) electrons. The topological polar surface area (TPSA) is 0 Å². The predicted octanol–water partition coefficient (Wildman–Crippen LogP) is 3.44. The smallest absolute Gasteiger partial charge is 0.0285 e. The van der Waals surface area contributed by atoms with E-state index in [1.165, 1.54) is 19.3 Å². The highest BCUT2D eigenvalue weighted by Crippen LogP contribution is 2.66. The number of hydrogen-bond donors (Lipinski definition) is 0. The summed E-state index contributed by atoms with van der Waals surface area (Å²) in [5.74, 6) is 0.855. The molecule has 0 nitrogen and oxygen atoms in total. The van der Waals surface area contributed by atoms with Crippen molar-refractivity contribution in [2.75, 3.05) is 5.88 Å². The molecule has 10 heavy (non-hydrogen) atoms. The van der Waals surface area contributed by atoms with Gasteiger partial charge in [0.15, 0.2) is 0 Å². The van der Waals surface area contributed by atoms with Crippen molar-refractivity contribution < 1.29 is 0 Å². The van der Waals surface area contributed by atoms with E-state index in [9.17, 15) is 0 Å². The molecule has 0 saturated heterocycles. The molecule has 0 spiro atoms. The lowest BCUT2D eigenvalue weighted by Crippen LogP contribution is -2.10. The maximum atomic E-state index is 5.92. The van der Waals surface area contributed by atoms with Gasteiger partial charge in [-0.25, -0.2) is 0 Å². The molecular formula is C9H17Cl. The molecule has 0 aromatic rings. The molecule has 1 aliphatic carbocycles. The molecule has 1 heteroatoms. The molecule has 0 bridgehead atoms. The zero-order valence-corrected chi connectivity index (χ0v) is 7.96. The molecular weight excluding hydrogens is 144 g/mol. The summed E-state index contributed by atoms with van der Waals surface area (Å²) in [7, 11) is 0. The van der Waals surface area contributed by atoms with Crippen LogP contribution >= 0.6 is 11.6 Å². The fourth-order valence-corrected chi connectivity index (χ4v) is 2.59. The summed E-state index contributed by atoms with van der Waals surface area (Å²) < 4.78 is 0. The Hall–Kier alpha value is 0.290. The van der Waals surface area contributed by atoms with Gasteiger partial charge in [-0.05, 0) is 23.7 Å². The van der Waals surface area contributed by atoms with E-state index < -0.39 is 0 Å². The van der Waals surface area contributed by atoms with Crippen LogP contribution in [-0.4, -0.2) is 5.88 Å². The van der Waals surface area contributed by atoms with Gasteiger partial charge in [0, 0.05) is 5.88 Å². The summed E-state index contributed by atoms with van der Waals surface area (Å²) in [4.78, 5) is 0. The van der Waals surface area contributed by atoms with E-state index in [0.717, 1.165) is 5.88 Å². The molecule has 1 rings (SSSR count). The highest BCUT2D eigenvalue weighted by Gasteiger charge is 2.59. The number of rotatable bonds is 3. The van der Waals surface area contributed by atoms with E-state index in [1.807, 2.05) is 0 Å². The summed E-state index contributed by atoms with van der Waals surface area (Å²) in [5, 5.41) is 0. The Bertz CT molecular complexity index is 129. The highest BCUT2D eigenvalue weighted by atomic mass is 35.5. The molecule has 0 aromatic heterocycles. The Morgan fingerprint density at radius 3 is 2.00 bits per heavy atom. The zero-order valence-electron chi connectivity index (χ0n) is 7.21. The standard InChI is InChI=1S/C9H17Cl/c1-4-5-9(7-10)6-8(9,2)3/h4-7H2,1-3H3. The van der Waals surface area contributed by atoms with Gasteiger partial charge in [0.25, 0.3) is 0 Å². The second kappa shape index (κ2) is 2.41. The van der Waals surface area contributed by atoms with Crippen LogP contribution in [0.4, 0.5) is 0 Å². The van der Waals surface area contributed by atoms with Crippen molar-refractivity contribution in [3.63, 3.8) is 0 Å². The molecule has 60 valence electrons. The van der Waals surface area contributed by atoms with Gasteiger partial charge in [-0.3, -0.25) is 0 Å². The van der Waals surface area contributed by atoms with E-state index in [4.69, 9.17) is 11.6 Å². The average Bonchev–Trinajstić information content (AvgIpc) is 2.37. The van der Waals surface area contributed by atoms with Crippen molar-refractivity contribution in [2.45, 2.75) is 40.0 Å². The van der Waals surface area contributed by atoms with Crippen molar-refractivity contribution >= 4 is 11.6 Å². The fourth-order valence-electron chi connectivity index (χ4n) is 2.00. The first-order valence-corrected chi connectivity index (χ1v) is 4.67. The average molecular weight is 161 g/mol. The Labute approximate surface area is 69.0 Å². The first-order valence-electron chi connectivity index (χ1n) is 4.14. The Balaban J connectivity index is 2.50. The van der Waals surface area contributed by atoms with E-state index in [0.29, 0.717) is 10.8 Å². The van der Waals surface area contributed by atoms with E-state index in [2.05, 4.69) is 20.8 Å². The Kier molecular flexibility index (Phi) is 2.02. The lowest BCUT2D eigenvalue weighted by Gasteiger charge is -2.15. The van der Waals surface area contributed by atoms with Crippen LogP contribution < -0.4 is 0 Å². The maximum absolute atomic E-state index is 5.92. The predicted molar refractivity (Wildman–Crippen MR) is 46.5 cm³/mol. The molecule has 1 atom stereocenters. The van der Waals surface area contributed by atoms with Gasteiger partial charge in [0.05, 0.1) is 0 Å². The van der Waals surface area contributed by atoms with Gasteiger partial charge in [0.1, 0.15) is 0 Å². The highest BCUT2D eigenvalue weighted by molar-refractivity contribution is 6.18. The molecule has 0 aliphatic heterocycles. The van der Waals surface area contributed by atoms with Gasteiger partial charge in [-0.15, -0.1) is 11.6 Å². The van der Waals surface area contributed by atoms with Crippen molar-refractivity contribution in [2.24, 2.45) is 10.8 Å². The van der Waals surface area contributed by atoms with E-state index in [-0.39, 0.29) is 0 Å². The number of hydrogen-bond acceptors (Lipinski definition) is 0. The minimum Gasteiger partial charge on any atom is -0.126 e. The second-order valence-electron chi connectivity index (χ2n) is 4.22. The quantitative estimate of drug-likeness (QED) is 0.555. The Morgan fingerprint density at radius 1 is 1.40 bits per heavy atom. The monoisotopic (exact) mass is 160 g/mol. The molecule has 1 aliphatic rings. The van der Waals surface area contributed by atoms with Crippen molar-refractivity contribution in [3.05, 3.63) is 0 Å². The molecule has 1 fully saturated rings. The van der Waals surface area contributed by atoms with Crippen LogP contribution in [-0.2, 0) is 0 Å². The number of alkyl halides is 1. The molecule has 1 unspecified atom stereocenters. The first kappa shape index (κ1) is 8.39. The third-order valence-electron chi connectivity index (χ3n) is 3.08. The summed E-state index contributed by atoms with van der Waals surface area (Å²) in [6.45, 7) is 6.89. The summed E-state index contributed by atoms with van der Waals surface area (Å²) >= 11 is 5.92. The van der Waals surface area contributed by atoms with Gasteiger partial charge >= 0.3 is 0 Å². The van der Waals surface area contributed by atoms with Crippen LogP contribution in [0.3, 0.4) is 0 Å².